The number of hydrogen-bond donors (Lipinski definition) is 2. The fourth-order valence-corrected chi connectivity index (χ4v) is 1.21. The summed E-state index contributed by atoms with van der Waals surface area (Å²) in [5, 5.41) is 11.7. The van der Waals surface area contributed by atoms with Crippen molar-refractivity contribution in [3.8, 4) is 5.75 Å². The van der Waals surface area contributed by atoms with Crippen molar-refractivity contribution in [2.75, 3.05) is 26.1 Å². The van der Waals surface area contributed by atoms with Crippen LogP contribution in [-0.4, -0.2) is 42.8 Å². The number of ether oxygens (including phenoxy) is 1. The smallest absolute Gasteiger partial charge is 0.321 e. The van der Waals surface area contributed by atoms with Gasteiger partial charge in [-0.25, -0.2) is 4.79 Å². The largest absolute Gasteiger partial charge is 0.497 e. The van der Waals surface area contributed by atoms with Crippen LogP contribution in [0.3, 0.4) is 0 Å². The Hall–Kier alpha value is -1.75. The number of nitrogens with zero attached hydrogens (tertiary/aromatic N) is 1. The maximum atomic E-state index is 11.7. The number of anilines is 1. The lowest BCUT2D eigenvalue weighted by molar-refractivity contribution is 0.166. The van der Waals surface area contributed by atoms with Gasteiger partial charge in [-0.05, 0) is 31.2 Å². The lowest BCUT2D eigenvalue weighted by Crippen LogP contribution is -2.40. The molecule has 0 radical (unpaired) electrons. The number of carbonyl (C=O) groups excluding carboxylic acids is 1. The Bertz CT molecular complexity index is 365. The predicted octanol–water partition coefficient (Wildman–Crippen LogP) is 1.54. The van der Waals surface area contributed by atoms with Gasteiger partial charge in [-0.3, -0.25) is 0 Å². The van der Waals surface area contributed by atoms with Gasteiger partial charge in [0.2, 0.25) is 0 Å². The molecule has 0 bridgehead atoms. The van der Waals surface area contributed by atoms with Gasteiger partial charge in [0, 0.05) is 12.7 Å². The normalized spacial score (nSPS) is 11.8. The lowest BCUT2D eigenvalue weighted by Gasteiger charge is -2.23. The Morgan fingerprint density at radius 3 is 2.53 bits per heavy atom. The Morgan fingerprint density at radius 2 is 2.06 bits per heavy atom. The Kier molecular flexibility index (Phi) is 4.78. The quantitative estimate of drug-likeness (QED) is 0.836. The molecule has 0 spiro atoms. The summed E-state index contributed by atoms with van der Waals surface area (Å²) in [7, 11) is 3.23. The van der Waals surface area contributed by atoms with E-state index in [1.807, 2.05) is 0 Å². The zero-order chi connectivity index (χ0) is 12.8. The first-order valence-electron chi connectivity index (χ1n) is 5.37. The third-order valence-corrected chi connectivity index (χ3v) is 2.59. The second kappa shape index (κ2) is 6.10. The summed E-state index contributed by atoms with van der Waals surface area (Å²) in [5.41, 5.74) is 0.688. The molecule has 0 saturated carbocycles. The van der Waals surface area contributed by atoms with Crippen LogP contribution in [0.1, 0.15) is 6.92 Å². The summed E-state index contributed by atoms with van der Waals surface area (Å²) in [6.45, 7) is 1.71. The highest BCUT2D eigenvalue weighted by Crippen LogP contribution is 2.15. The van der Waals surface area contributed by atoms with Crippen LogP contribution in [0, 0.1) is 0 Å². The molecule has 17 heavy (non-hydrogen) atoms. The Labute approximate surface area is 101 Å². The molecule has 1 aromatic rings. The zero-order valence-corrected chi connectivity index (χ0v) is 10.3. The summed E-state index contributed by atoms with van der Waals surface area (Å²) in [4.78, 5) is 13.2. The van der Waals surface area contributed by atoms with Gasteiger partial charge in [-0.15, -0.1) is 0 Å². The monoisotopic (exact) mass is 238 g/mol. The van der Waals surface area contributed by atoms with Gasteiger partial charge < -0.3 is 20.1 Å². The molecule has 2 N–H and O–H groups in total. The number of aliphatic hydroxyl groups excluding tert-OH is 1. The van der Waals surface area contributed by atoms with Crippen LogP contribution >= 0.6 is 0 Å². The van der Waals surface area contributed by atoms with Gasteiger partial charge in [0.05, 0.1) is 19.8 Å². The van der Waals surface area contributed by atoms with Gasteiger partial charge >= 0.3 is 6.03 Å². The van der Waals surface area contributed by atoms with E-state index in [2.05, 4.69) is 5.32 Å². The number of hydrogen-bond acceptors (Lipinski definition) is 3. The lowest BCUT2D eigenvalue weighted by atomic mass is 10.3. The average Bonchev–Trinajstić information content (AvgIpc) is 2.37. The van der Waals surface area contributed by atoms with Crippen molar-refractivity contribution >= 4 is 11.7 Å². The number of nitrogens with one attached hydrogen (secondary N) is 1. The van der Waals surface area contributed by atoms with E-state index in [1.54, 1.807) is 45.3 Å². The summed E-state index contributed by atoms with van der Waals surface area (Å²) < 4.78 is 5.02. The van der Waals surface area contributed by atoms with Crippen molar-refractivity contribution in [3.05, 3.63) is 24.3 Å². The van der Waals surface area contributed by atoms with Gasteiger partial charge in [-0.1, -0.05) is 0 Å². The standard InChI is InChI=1S/C12H18N2O3/c1-9(8-15)14(2)12(16)13-10-4-6-11(17-3)7-5-10/h4-7,9,15H,8H2,1-3H3,(H,13,16). The molecule has 5 heteroatoms. The summed E-state index contributed by atoms with van der Waals surface area (Å²) in [6.07, 6.45) is 0. The number of amides is 2. The van der Waals surface area contributed by atoms with E-state index >= 15 is 0 Å². The molecule has 1 atom stereocenters. The highest BCUT2D eigenvalue weighted by molar-refractivity contribution is 5.89. The van der Waals surface area contributed by atoms with E-state index in [9.17, 15) is 4.79 Å². The number of likely N-dealkylation sites (N-methyl/N-ethyl adjacent to an activating group) is 1. The van der Waals surface area contributed by atoms with Crippen LogP contribution in [0.25, 0.3) is 0 Å². The van der Waals surface area contributed by atoms with E-state index in [1.165, 1.54) is 4.90 Å². The fourth-order valence-electron chi connectivity index (χ4n) is 1.21. The average molecular weight is 238 g/mol. The van der Waals surface area contributed by atoms with E-state index in [0.29, 0.717) is 5.69 Å². The summed E-state index contributed by atoms with van der Waals surface area (Å²) in [6, 6.07) is 6.59. The minimum Gasteiger partial charge on any atom is -0.497 e. The molecule has 0 aliphatic heterocycles. The second-order valence-corrected chi connectivity index (χ2v) is 3.80. The van der Waals surface area contributed by atoms with Crippen molar-refractivity contribution < 1.29 is 14.6 Å². The molecule has 1 unspecified atom stereocenters. The van der Waals surface area contributed by atoms with E-state index in [4.69, 9.17) is 9.84 Å². The first kappa shape index (κ1) is 13.3. The topological polar surface area (TPSA) is 61.8 Å². The first-order chi connectivity index (χ1) is 8.08. The third kappa shape index (κ3) is 3.64. The van der Waals surface area contributed by atoms with Gasteiger partial charge in [-0.2, -0.15) is 0 Å². The molecular weight excluding hydrogens is 220 g/mol. The SMILES string of the molecule is COc1ccc(NC(=O)N(C)C(C)CO)cc1. The molecule has 94 valence electrons. The molecule has 5 nitrogen and oxygen atoms in total. The molecule has 0 heterocycles. The first-order valence-corrected chi connectivity index (χ1v) is 5.37. The molecule has 0 aromatic heterocycles. The highest BCUT2D eigenvalue weighted by atomic mass is 16.5. The van der Waals surface area contributed by atoms with Gasteiger partial charge in [0.25, 0.3) is 0 Å². The number of carbonyl (C=O) groups is 1. The van der Waals surface area contributed by atoms with Crippen LogP contribution in [-0.2, 0) is 0 Å². The number of rotatable bonds is 4. The summed E-state index contributed by atoms with van der Waals surface area (Å²) in [5.74, 6) is 0.736. The van der Waals surface area contributed by atoms with E-state index in [-0.39, 0.29) is 18.7 Å². The van der Waals surface area contributed by atoms with Crippen molar-refractivity contribution in [1.29, 1.82) is 0 Å². The molecule has 1 rings (SSSR count). The molecule has 2 amide bonds. The predicted molar refractivity (Wildman–Crippen MR) is 66.3 cm³/mol. The molecule has 0 saturated heterocycles. The maximum absolute atomic E-state index is 11.7. The molecule has 0 fully saturated rings. The van der Waals surface area contributed by atoms with Crippen LogP contribution < -0.4 is 10.1 Å². The minimum absolute atomic E-state index is 0.0630. The van der Waals surface area contributed by atoms with Crippen LogP contribution in [0.2, 0.25) is 0 Å². The molecular formula is C12H18N2O3. The van der Waals surface area contributed by atoms with Crippen LogP contribution in [0.5, 0.6) is 5.75 Å². The third-order valence-electron chi connectivity index (χ3n) is 2.59. The van der Waals surface area contributed by atoms with Crippen molar-refractivity contribution in [3.63, 3.8) is 0 Å². The molecule has 0 aliphatic carbocycles. The Balaban J connectivity index is 2.61. The van der Waals surface area contributed by atoms with Gasteiger partial charge in [0.15, 0.2) is 0 Å². The second-order valence-electron chi connectivity index (χ2n) is 3.80. The number of urea groups is 1. The maximum Gasteiger partial charge on any atom is 0.321 e. The number of aliphatic hydroxyl groups is 1. The number of methoxy groups -OCH3 is 1. The number of benzene rings is 1. The van der Waals surface area contributed by atoms with Crippen LogP contribution in [0.4, 0.5) is 10.5 Å². The molecule has 1 aromatic carbocycles. The van der Waals surface area contributed by atoms with Crippen LogP contribution in [0.15, 0.2) is 24.3 Å². The van der Waals surface area contributed by atoms with Crippen molar-refractivity contribution in [2.24, 2.45) is 0 Å². The molecule has 0 aliphatic rings. The van der Waals surface area contributed by atoms with E-state index in [0.717, 1.165) is 5.75 Å². The van der Waals surface area contributed by atoms with Crippen molar-refractivity contribution in [2.45, 2.75) is 13.0 Å². The highest BCUT2D eigenvalue weighted by Gasteiger charge is 2.14. The Morgan fingerprint density at radius 1 is 1.47 bits per heavy atom. The van der Waals surface area contributed by atoms with Crippen molar-refractivity contribution in [1.82, 2.24) is 4.90 Å². The van der Waals surface area contributed by atoms with E-state index < -0.39 is 0 Å². The van der Waals surface area contributed by atoms with Gasteiger partial charge in [0.1, 0.15) is 5.75 Å². The fraction of sp³-hybridized carbons (Fsp3) is 0.417. The summed E-state index contributed by atoms with van der Waals surface area (Å²) >= 11 is 0. The minimum atomic E-state index is -0.253. The zero-order valence-electron chi connectivity index (χ0n) is 10.3.